The Kier molecular flexibility index (Phi) is 6.50. The highest BCUT2D eigenvalue weighted by molar-refractivity contribution is 5.80. The molecule has 1 aromatic carbocycles. The van der Waals surface area contributed by atoms with E-state index in [0.29, 0.717) is 19.5 Å². The first-order chi connectivity index (χ1) is 12.7. The first-order valence-electron chi connectivity index (χ1n) is 9.72. The number of benzene rings is 1. The van der Waals surface area contributed by atoms with Crippen LogP contribution >= 0.6 is 0 Å². The number of carbonyl (C=O) groups excluding carboxylic acids is 1. The second kappa shape index (κ2) is 9.03. The summed E-state index contributed by atoms with van der Waals surface area (Å²) in [4.78, 5) is 20.8. The smallest absolute Gasteiger partial charge is 0.222 e. The van der Waals surface area contributed by atoms with Gasteiger partial charge in [-0.1, -0.05) is 24.3 Å². The molecule has 6 nitrogen and oxygen atoms in total. The zero-order valence-electron chi connectivity index (χ0n) is 15.7. The van der Waals surface area contributed by atoms with Crippen LogP contribution in [-0.4, -0.2) is 59.1 Å². The van der Waals surface area contributed by atoms with Crippen LogP contribution < -0.4 is 5.32 Å². The van der Waals surface area contributed by atoms with Crippen LogP contribution in [0.5, 0.6) is 0 Å². The molecule has 0 unspecified atom stereocenters. The van der Waals surface area contributed by atoms with Crippen molar-refractivity contribution in [2.75, 3.05) is 26.2 Å². The van der Waals surface area contributed by atoms with Gasteiger partial charge in [0.05, 0.1) is 12.6 Å². The lowest BCUT2D eigenvalue weighted by Crippen LogP contribution is -2.46. The van der Waals surface area contributed by atoms with Gasteiger partial charge in [0, 0.05) is 39.1 Å². The van der Waals surface area contributed by atoms with E-state index in [1.807, 2.05) is 11.0 Å². The fourth-order valence-corrected chi connectivity index (χ4v) is 3.59. The normalized spacial score (nSPS) is 19.3. The third kappa shape index (κ3) is 4.97. The van der Waals surface area contributed by atoms with Crippen molar-refractivity contribution in [3.05, 3.63) is 35.4 Å². The van der Waals surface area contributed by atoms with E-state index < -0.39 is 0 Å². The third-order valence-electron chi connectivity index (χ3n) is 5.05. The highest BCUT2D eigenvalue weighted by atomic mass is 16.3. The number of hydrogen-bond acceptors (Lipinski definition) is 3. The number of aliphatic hydroxyl groups excluding tert-OH is 1. The van der Waals surface area contributed by atoms with Crippen molar-refractivity contribution >= 4 is 11.9 Å². The number of aliphatic hydroxyl groups is 1. The predicted octanol–water partition coefficient (Wildman–Crippen LogP) is 1.73. The SMILES string of the molecule is CCNC(=NCc1cccc(CN2CCCC2=O)c1)N1CCC(O)CC1. The van der Waals surface area contributed by atoms with Gasteiger partial charge in [0.25, 0.3) is 0 Å². The van der Waals surface area contributed by atoms with Gasteiger partial charge < -0.3 is 20.2 Å². The van der Waals surface area contributed by atoms with Crippen molar-refractivity contribution in [1.29, 1.82) is 0 Å². The number of aliphatic imine (C=N–C) groups is 1. The topological polar surface area (TPSA) is 68.2 Å². The summed E-state index contributed by atoms with van der Waals surface area (Å²) in [5, 5.41) is 13.1. The quantitative estimate of drug-likeness (QED) is 0.621. The van der Waals surface area contributed by atoms with Gasteiger partial charge in [-0.15, -0.1) is 0 Å². The Hall–Kier alpha value is -2.08. The van der Waals surface area contributed by atoms with E-state index in [-0.39, 0.29) is 12.0 Å². The summed E-state index contributed by atoms with van der Waals surface area (Å²) < 4.78 is 0. The van der Waals surface area contributed by atoms with E-state index in [4.69, 9.17) is 4.99 Å². The van der Waals surface area contributed by atoms with Gasteiger partial charge in [-0.3, -0.25) is 4.79 Å². The maximum absolute atomic E-state index is 11.8. The van der Waals surface area contributed by atoms with Crippen LogP contribution in [0, 0.1) is 0 Å². The number of likely N-dealkylation sites (tertiary alicyclic amines) is 2. The van der Waals surface area contributed by atoms with Gasteiger partial charge in [0.2, 0.25) is 5.91 Å². The first kappa shape index (κ1) is 18.7. The molecule has 26 heavy (non-hydrogen) atoms. The largest absolute Gasteiger partial charge is 0.393 e. The molecule has 2 N–H and O–H groups in total. The molecule has 2 saturated heterocycles. The van der Waals surface area contributed by atoms with Crippen molar-refractivity contribution in [3.8, 4) is 0 Å². The summed E-state index contributed by atoms with van der Waals surface area (Å²) in [5.74, 6) is 1.18. The molecule has 2 aliphatic rings. The number of guanidine groups is 1. The molecule has 2 fully saturated rings. The molecule has 0 aliphatic carbocycles. The summed E-state index contributed by atoms with van der Waals surface area (Å²) in [7, 11) is 0. The second-order valence-electron chi connectivity index (χ2n) is 7.13. The molecule has 3 rings (SSSR count). The zero-order valence-corrected chi connectivity index (χ0v) is 15.7. The Balaban J connectivity index is 1.63. The van der Waals surface area contributed by atoms with Gasteiger partial charge in [-0.25, -0.2) is 4.99 Å². The van der Waals surface area contributed by atoms with E-state index in [1.54, 1.807) is 0 Å². The summed E-state index contributed by atoms with van der Waals surface area (Å²) in [6.45, 7) is 6.75. The lowest BCUT2D eigenvalue weighted by Gasteiger charge is -2.32. The molecule has 0 radical (unpaired) electrons. The van der Waals surface area contributed by atoms with Crippen LogP contribution in [0.15, 0.2) is 29.3 Å². The fraction of sp³-hybridized carbons (Fsp3) is 0.600. The van der Waals surface area contributed by atoms with Gasteiger partial charge in [-0.2, -0.15) is 0 Å². The van der Waals surface area contributed by atoms with Crippen molar-refractivity contribution in [3.63, 3.8) is 0 Å². The Morgan fingerprint density at radius 3 is 2.73 bits per heavy atom. The molecular weight excluding hydrogens is 328 g/mol. The van der Waals surface area contributed by atoms with E-state index in [9.17, 15) is 9.90 Å². The minimum absolute atomic E-state index is 0.181. The maximum atomic E-state index is 11.8. The minimum atomic E-state index is -0.181. The number of amides is 1. The van der Waals surface area contributed by atoms with Crippen molar-refractivity contribution in [2.24, 2.45) is 4.99 Å². The molecule has 2 heterocycles. The van der Waals surface area contributed by atoms with Crippen LogP contribution in [0.3, 0.4) is 0 Å². The molecule has 0 saturated carbocycles. The van der Waals surface area contributed by atoms with Crippen LogP contribution in [0.2, 0.25) is 0 Å². The van der Waals surface area contributed by atoms with Gasteiger partial charge in [0.15, 0.2) is 5.96 Å². The number of rotatable bonds is 5. The number of nitrogens with zero attached hydrogens (tertiary/aromatic N) is 3. The summed E-state index contributed by atoms with van der Waals surface area (Å²) in [5.41, 5.74) is 2.32. The summed E-state index contributed by atoms with van der Waals surface area (Å²) in [6.07, 6.45) is 3.06. The first-order valence-corrected chi connectivity index (χ1v) is 9.72. The maximum Gasteiger partial charge on any atom is 0.222 e. The summed E-state index contributed by atoms with van der Waals surface area (Å²) >= 11 is 0. The van der Waals surface area contributed by atoms with Crippen molar-refractivity contribution < 1.29 is 9.90 Å². The molecular formula is C20H30N4O2. The zero-order chi connectivity index (χ0) is 18.4. The third-order valence-corrected chi connectivity index (χ3v) is 5.05. The Morgan fingerprint density at radius 2 is 2.04 bits per heavy atom. The van der Waals surface area contributed by atoms with E-state index in [0.717, 1.165) is 57.0 Å². The van der Waals surface area contributed by atoms with Crippen LogP contribution in [0.1, 0.15) is 43.7 Å². The monoisotopic (exact) mass is 358 g/mol. The summed E-state index contributed by atoms with van der Waals surface area (Å²) in [6, 6.07) is 8.36. The second-order valence-corrected chi connectivity index (χ2v) is 7.13. The number of nitrogens with one attached hydrogen (secondary N) is 1. The minimum Gasteiger partial charge on any atom is -0.393 e. The number of piperidine rings is 1. The molecule has 2 aliphatic heterocycles. The van der Waals surface area contributed by atoms with Crippen molar-refractivity contribution in [2.45, 2.75) is 51.8 Å². The molecule has 0 spiro atoms. The predicted molar refractivity (Wildman–Crippen MR) is 103 cm³/mol. The molecule has 6 heteroatoms. The van der Waals surface area contributed by atoms with E-state index in [2.05, 4.69) is 35.3 Å². The highest BCUT2D eigenvalue weighted by Gasteiger charge is 2.21. The average molecular weight is 358 g/mol. The Bertz CT molecular complexity index is 638. The standard InChI is InChI=1S/C20H30N4O2/c1-2-21-20(23-11-8-18(25)9-12-23)22-14-16-5-3-6-17(13-16)15-24-10-4-7-19(24)26/h3,5-6,13,18,25H,2,4,7-12,14-15H2,1H3,(H,21,22). The fourth-order valence-electron chi connectivity index (χ4n) is 3.59. The van der Waals surface area contributed by atoms with Gasteiger partial charge in [-0.05, 0) is 37.3 Å². The number of hydrogen-bond donors (Lipinski definition) is 2. The molecule has 1 aromatic rings. The average Bonchev–Trinajstić information content (AvgIpc) is 3.04. The van der Waals surface area contributed by atoms with Crippen LogP contribution in [-0.2, 0) is 17.9 Å². The molecule has 1 amide bonds. The molecule has 0 atom stereocenters. The lowest BCUT2D eigenvalue weighted by molar-refractivity contribution is -0.128. The van der Waals surface area contributed by atoms with Gasteiger partial charge in [0.1, 0.15) is 0 Å². The molecule has 0 bridgehead atoms. The number of carbonyl (C=O) groups is 1. The van der Waals surface area contributed by atoms with Crippen LogP contribution in [0.4, 0.5) is 0 Å². The molecule has 142 valence electrons. The van der Waals surface area contributed by atoms with Crippen molar-refractivity contribution in [1.82, 2.24) is 15.1 Å². The Labute approximate surface area is 155 Å². The molecule has 0 aromatic heterocycles. The Morgan fingerprint density at radius 1 is 1.27 bits per heavy atom. The van der Waals surface area contributed by atoms with Crippen LogP contribution in [0.25, 0.3) is 0 Å². The highest BCUT2D eigenvalue weighted by Crippen LogP contribution is 2.16. The van der Waals surface area contributed by atoms with E-state index >= 15 is 0 Å². The van der Waals surface area contributed by atoms with E-state index in [1.165, 1.54) is 5.56 Å². The van der Waals surface area contributed by atoms with Gasteiger partial charge >= 0.3 is 0 Å². The lowest BCUT2D eigenvalue weighted by atomic mass is 10.1.